The molecule has 1 aliphatic rings. The molecule has 0 amide bonds. The molecular formula is C19H31N5O3. The third kappa shape index (κ3) is 3.87. The minimum atomic E-state index is -0.346. The zero-order valence-corrected chi connectivity index (χ0v) is 17.2. The Balaban J connectivity index is 2.09. The summed E-state index contributed by atoms with van der Waals surface area (Å²) in [5.74, 6) is 1.35. The van der Waals surface area contributed by atoms with Crippen LogP contribution in [0, 0.1) is 5.92 Å². The summed E-state index contributed by atoms with van der Waals surface area (Å²) in [6.45, 7) is 11.5. The molecular weight excluding hydrogens is 346 g/mol. The van der Waals surface area contributed by atoms with Crippen LogP contribution >= 0.6 is 0 Å². The topological polar surface area (TPSA) is 74.3 Å². The molecule has 2 atom stereocenters. The lowest BCUT2D eigenvalue weighted by Crippen LogP contribution is -2.45. The highest BCUT2D eigenvalue weighted by molar-refractivity contribution is 5.71. The van der Waals surface area contributed by atoms with Gasteiger partial charge in [0, 0.05) is 33.7 Å². The predicted molar refractivity (Wildman–Crippen MR) is 105 cm³/mol. The molecule has 3 heterocycles. The summed E-state index contributed by atoms with van der Waals surface area (Å²) in [7, 11) is 3.20. The zero-order valence-electron chi connectivity index (χ0n) is 17.2. The molecule has 0 aromatic carbocycles. The lowest BCUT2D eigenvalue weighted by Gasteiger charge is -2.35. The molecule has 8 heteroatoms. The van der Waals surface area contributed by atoms with Crippen LogP contribution in [-0.2, 0) is 31.9 Å². The van der Waals surface area contributed by atoms with Crippen molar-refractivity contribution in [2.45, 2.75) is 59.4 Å². The van der Waals surface area contributed by atoms with Crippen molar-refractivity contribution in [1.82, 2.24) is 23.6 Å². The number of fused-ring (bicyclic) bond motifs is 1. The summed E-state index contributed by atoms with van der Waals surface area (Å²) in [6.07, 6.45) is 1.28. The fourth-order valence-electron chi connectivity index (χ4n) is 3.85. The number of aryl methyl sites for hydroxylation is 2. The quantitative estimate of drug-likeness (QED) is 0.780. The first-order valence-corrected chi connectivity index (χ1v) is 9.72. The lowest BCUT2D eigenvalue weighted by atomic mass is 10.1. The van der Waals surface area contributed by atoms with Crippen LogP contribution in [0.4, 0.5) is 0 Å². The Hall–Kier alpha value is -1.93. The summed E-state index contributed by atoms with van der Waals surface area (Å²) in [5, 5.41) is 0. The first-order valence-electron chi connectivity index (χ1n) is 9.72. The molecule has 0 spiro atoms. The van der Waals surface area contributed by atoms with Gasteiger partial charge in [0.15, 0.2) is 11.2 Å². The van der Waals surface area contributed by atoms with Crippen molar-refractivity contribution >= 4 is 11.2 Å². The van der Waals surface area contributed by atoms with Crippen LogP contribution in [0.2, 0.25) is 0 Å². The molecule has 0 aliphatic carbocycles. The molecule has 3 rings (SSSR count). The van der Waals surface area contributed by atoms with Gasteiger partial charge in [-0.25, -0.2) is 9.78 Å². The Morgan fingerprint density at radius 1 is 1.11 bits per heavy atom. The number of hydrogen-bond acceptors (Lipinski definition) is 5. The molecule has 8 nitrogen and oxygen atoms in total. The first kappa shape index (κ1) is 19.8. The van der Waals surface area contributed by atoms with Gasteiger partial charge in [0.05, 0.1) is 18.8 Å². The highest BCUT2D eigenvalue weighted by atomic mass is 16.5. The van der Waals surface area contributed by atoms with Gasteiger partial charge in [-0.05, 0) is 26.2 Å². The minimum Gasteiger partial charge on any atom is -0.373 e. The van der Waals surface area contributed by atoms with Crippen molar-refractivity contribution < 1.29 is 4.74 Å². The molecule has 2 aromatic heterocycles. The van der Waals surface area contributed by atoms with E-state index in [-0.39, 0.29) is 23.5 Å². The molecule has 0 radical (unpaired) electrons. The van der Waals surface area contributed by atoms with Gasteiger partial charge in [-0.15, -0.1) is 0 Å². The van der Waals surface area contributed by atoms with E-state index in [1.54, 1.807) is 7.05 Å². The average Bonchev–Trinajstić information content (AvgIpc) is 2.93. The van der Waals surface area contributed by atoms with E-state index < -0.39 is 0 Å². The van der Waals surface area contributed by atoms with E-state index in [2.05, 4.69) is 32.6 Å². The standard InChI is InChI=1S/C19H31N5O3/c1-12(2)7-8-24-15(11-23-9-13(3)27-14(4)10-23)20-17-16(24)18(25)22(6)19(26)21(17)5/h12-14H,7-11H2,1-6H3/t13-,14-/m0/s1. The summed E-state index contributed by atoms with van der Waals surface area (Å²) in [6, 6.07) is 0. The Labute approximate surface area is 159 Å². The van der Waals surface area contributed by atoms with E-state index in [1.165, 1.54) is 16.2 Å². The normalized spacial score (nSPS) is 21.4. The van der Waals surface area contributed by atoms with Crippen LogP contribution in [0.5, 0.6) is 0 Å². The van der Waals surface area contributed by atoms with E-state index in [4.69, 9.17) is 9.72 Å². The van der Waals surface area contributed by atoms with Crippen molar-refractivity contribution in [3.05, 3.63) is 26.7 Å². The Morgan fingerprint density at radius 2 is 1.74 bits per heavy atom. The fourth-order valence-corrected chi connectivity index (χ4v) is 3.85. The molecule has 1 fully saturated rings. The Morgan fingerprint density at radius 3 is 2.33 bits per heavy atom. The number of nitrogens with zero attached hydrogens (tertiary/aromatic N) is 5. The molecule has 1 aliphatic heterocycles. The maximum Gasteiger partial charge on any atom is 0.332 e. The van der Waals surface area contributed by atoms with E-state index in [9.17, 15) is 9.59 Å². The predicted octanol–water partition coefficient (Wildman–Crippen LogP) is 1.09. The third-order valence-corrected chi connectivity index (χ3v) is 5.22. The number of imidazole rings is 1. The van der Waals surface area contributed by atoms with E-state index >= 15 is 0 Å². The Bertz CT molecular complexity index is 929. The minimum absolute atomic E-state index is 0.166. The van der Waals surface area contributed by atoms with Crippen LogP contribution in [0.1, 0.15) is 39.9 Å². The van der Waals surface area contributed by atoms with Crippen LogP contribution in [0.3, 0.4) is 0 Å². The van der Waals surface area contributed by atoms with Gasteiger partial charge in [-0.3, -0.25) is 18.8 Å². The summed E-state index contributed by atoms with van der Waals surface area (Å²) in [4.78, 5) is 32.2. The van der Waals surface area contributed by atoms with Gasteiger partial charge < -0.3 is 9.30 Å². The molecule has 0 bridgehead atoms. The van der Waals surface area contributed by atoms with Crippen LogP contribution < -0.4 is 11.2 Å². The van der Waals surface area contributed by atoms with E-state index in [0.29, 0.717) is 30.2 Å². The molecule has 0 N–H and O–H groups in total. The van der Waals surface area contributed by atoms with Crippen molar-refractivity contribution in [2.24, 2.45) is 20.0 Å². The van der Waals surface area contributed by atoms with Gasteiger partial charge in [0.2, 0.25) is 0 Å². The molecule has 0 saturated carbocycles. The number of hydrogen-bond donors (Lipinski definition) is 0. The van der Waals surface area contributed by atoms with E-state index in [1.807, 2.05) is 4.57 Å². The van der Waals surface area contributed by atoms with Crippen LogP contribution in [0.25, 0.3) is 11.2 Å². The second-order valence-electron chi connectivity index (χ2n) is 8.19. The molecule has 0 unspecified atom stereocenters. The van der Waals surface area contributed by atoms with Crippen molar-refractivity contribution in [3.8, 4) is 0 Å². The van der Waals surface area contributed by atoms with Gasteiger partial charge >= 0.3 is 5.69 Å². The largest absolute Gasteiger partial charge is 0.373 e. The molecule has 1 saturated heterocycles. The highest BCUT2D eigenvalue weighted by Crippen LogP contribution is 2.18. The third-order valence-electron chi connectivity index (χ3n) is 5.22. The zero-order chi connectivity index (χ0) is 19.9. The second-order valence-corrected chi connectivity index (χ2v) is 8.19. The first-order chi connectivity index (χ1) is 12.7. The average molecular weight is 377 g/mol. The Kier molecular flexibility index (Phi) is 5.58. The van der Waals surface area contributed by atoms with Crippen molar-refractivity contribution in [1.29, 1.82) is 0 Å². The summed E-state index contributed by atoms with van der Waals surface area (Å²) in [5.41, 5.74) is 0.362. The van der Waals surface area contributed by atoms with E-state index in [0.717, 1.165) is 25.3 Å². The molecule has 150 valence electrons. The second kappa shape index (κ2) is 7.59. The smallest absolute Gasteiger partial charge is 0.332 e. The lowest BCUT2D eigenvalue weighted by molar-refractivity contribution is -0.0712. The maximum atomic E-state index is 12.8. The van der Waals surface area contributed by atoms with Crippen LogP contribution in [0.15, 0.2) is 9.59 Å². The fraction of sp³-hybridized carbons (Fsp3) is 0.737. The summed E-state index contributed by atoms with van der Waals surface area (Å²) < 4.78 is 10.5. The van der Waals surface area contributed by atoms with Crippen LogP contribution in [-0.4, -0.2) is 48.9 Å². The summed E-state index contributed by atoms with van der Waals surface area (Å²) >= 11 is 0. The maximum absolute atomic E-state index is 12.8. The van der Waals surface area contributed by atoms with Gasteiger partial charge in [0.25, 0.3) is 5.56 Å². The van der Waals surface area contributed by atoms with Gasteiger partial charge in [0.1, 0.15) is 5.82 Å². The number of aromatic nitrogens is 4. The number of rotatable bonds is 5. The SMILES string of the molecule is CC(C)CCn1c(CN2C[C@H](C)O[C@@H](C)C2)nc2c1c(=O)n(C)c(=O)n2C. The van der Waals surface area contributed by atoms with Gasteiger partial charge in [-0.2, -0.15) is 0 Å². The molecule has 2 aromatic rings. The van der Waals surface area contributed by atoms with Crippen molar-refractivity contribution in [2.75, 3.05) is 13.1 Å². The number of morpholine rings is 1. The highest BCUT2D eigenvalue weighted by Gasteiger charge is 2.25. The molecule has 27 heavy (non-hydrogen) atoms. The van der Waals surface area contributed by atoms with Gasteiger partial charge in [-0.1, -0.05) is 13.8 Å². The monoisotopic (exact) mass is 377 g/mol. The number of ether oxygens (including phenoxy) is 1. The van der Waals surface area contributed by atoms with Crippen molar-refractivity contribution in [3.63, 3.8) is 0 Å².